The lowest BCUT2D eigenvalue weighted by molar-refractivity contribution is 0.272. The molecule has 3 atom stereocenters. The van der Waals surface area contributed by atoms with Gasteiger partial charge in [-0.05, 0) is 147 Å². The molecule has 3 unspecified atom stereocenters. The summed E-state index contributed by atoms with van der Waals surface area (Å²) in [5, 5.41) is 3.77. The summed E-state index contributed by atoms with van der Waals surface area (Å²) in [5.41, 5.74) is 15.7. The lowest BCUT2D eigenvalue weighted by atomic mass is 9.84. The van der Waals surface area contributed by atoms with Crippen molar-refractivity contribution in [2.24, 2.45) is 22.7 Å². The molecular formula is C59H77N3O4. The first-order valence-corrected chi connectivity index (χ1v) is 24.9. The van der Waals surface area contributed by atoms with Crippen LogP contribution in [-0.2, 0) is 45.3 Å². The minimum Gasteiger partial charge on any atom is -0.493 e. The van der Waals surface area contributed by atoms with Crippen molar-refractivity contribution in [3.05, 3.63) is 141 Å². The highest BCUT2D eigenvalue weighted by molar-refractivity contribution is 5.81. The average Bonchev–Trinajstić information content (AvgIpc) is 3.32. The van der Waals surface area contributed by atoms with Crippen LogP contribution in [0.1, 0.15) is 137 Å². The van der Waals surface area contributed by atoms with Gasteiger partial charge in [-0.15, -0.1) is 0 Å². The molecule has 1 aliphatic rings. The molecule has 1 saturated carbocycles. The molecule has 0 spiro atoms. The SMILES string of the molecule is CCCC(CNc1cc(OCc2cccc(COc3cc(N=CC(Cc4ccc(CC)cc4CC)C(C)CC)c(C(C)=C4CCC4)cc3OC)n2)c(OC)cc1C)Cc1ccccc1CC. The predicted molar refractivity (Wildman–Crippen MR) is 276 cm³/mol. The van der Waals surface area contributed by atoms with E-state index in [0.717, 1.165) is 105 Å². The Morgan fingerprint density at radius 1 is 0.727 bits per heavy atom. The molecule has 7 nitrogen and oxygen atoms in total. The lowest BCUT2D eigenvalue weighted by Gasteiger charge is -2.23. The van der Waals surface area contributed by atoms with Gasteiger partial charge in [0.1, 0.15) is 13.2 Å². The number of pyridine rings is 1. The van der Waals surface area contributed by atoms with Crippen LogP contribution >= 0.6 is 0 Å². The third-order valence-corrected chi connectivity index (χ3v) is 13.9. The Hall–Kier alpha value is -5.56. The second-order valence-corrected chi connectivity index (χ2v) is 18.3. The number of benzene rings is 4. The van der Waals surface area contributed by atoms with Crippen molar-refractivity contribution in [3.63, 3.8) is 0 Å². The number of anilines is 1. The van der Waals surface area contributed by atoms with Gasteiger partial charge < -0.3 is 24.3 Å². The topological polar surface area (TPSA) is 74.2 Å². The van der Waals surface area contributed by atoms with Crippen LogP contribution in [0.3, 0.4) is 0 Å². The first-order chi connectivity index (χ1) is 32.1. The van der Waals surface area contributed by atoms with Gasteiger partial charge in [-0.3, -0.25) is 9.98 Å². The number of rotatable bonds is 25. The Labute approximate surface area is 397 Å². The van der Waals surface area contributed by atoms with Crippen LogP contribution in [0.15, 0.2) is 95.5 Å². The molecule has 1 fully saturated rings. The molecule has 6 rings (SSSR count). The molecule has 0 aliphatic heterocycles. The normalized spacial score (nSPS) is 13.8. The highest BCUT2D eigenvalue weighted by Crippen LogP contribution is 2.43. The molecule has 66 heavy (non-hydrogen) atoms. The number of hydrogen-bond acceptors (Lipinski definition) is 7. The van der Waals surface area contributed by atoms with Gasteiger partial charge >= 0.3 is 0 Å². The van der Waals surface area contributed by atoms with E-state index in [1.165, 1.54) is 45.4 Å². The average molecular weight is 892 g/mol. The molecule has 1 aliphatic carbocycles. The van der Waals surface area contributed by atoms with E-state index in [-0.39, 0.29) is 19.1 Å². The van der Waals surface area contributed by atoms with Crippen molar-refractivity contribution in [2.45, 2.75) is 139 Å². The van der Waals surface area contributed by atoms with E-state index >= 15 is 0 Å². The summed E-state index contributed by atoms with van der Waals surface area (Å²) in [4.78, 5) is 10.3. The van der Waals surface area contributed by atoms with Crippen LogP contribution in [0.4, 0.5) is 11.4 Å². The number of nitrogens with one attached hydrogen (secondary N) is 1. The standard InChI is InChI=1S/C59H77N3O4/c1-11-20-44(31-48-22-17-16-21-45(48)14-4)36-60-54-34-58(56(63-9)29-41(54)7)65-38-51-25-19-26-52(62-51)39-66-59-35-55(53(33-57(59)64-10)42(8)47-23-18-24-47)61-37-50(40(6)12-2)32-49-28-27-43(13-3)30-46(49)15-5/h16-17,19,21-22,25-30,33-35,37,40,44,50,60H,11-15,18,20,23-24,31-32,36,38-39H2,1-10H3. The van der Waals surface area contributed by atoms with Crippen molar-refractivity contribution < 1.29 is 18.9 Å². The van der Waals surface area contributed by atoms with Crippen LogP contribution in [-0.4, -0.2) is 32.0 Å². The van der Waals surface area contributed by atoms with E-state index in [2.05, 4.69) is 134 Å². The summed E-state index contributed by atoms with van der Waals surface area (Å²) in [7, 11) is 3.40. The third kappa shape index (κ3) is 13.1. The molecule has 1 N–H and O–H groups in total. The first-order valence-electron chi connectivity index (χ1n) is 24.9. The number of aliphatic imine (C=N–C) groups is 1. The molecule has 7 heteroatoms. The highest BCUT2D eigenvalue weighted by atomic mass is 16.5. The van der Waals surface area contributed by atoms with Crippen molar-refractivity contribution in [1.82, 2.24) is 4.98 Å². The zero-order valence-corrected chi connectivity index (χ0v) is 41.8. The number of ether oxygens (including phenoxy) is 4. The molecule has 0 bridgehead atoms. The summed E-state index contributed by atoms with van der Waals surface area (Å²) in [6, 6.07) is 30.2. The van der Waals surface area contributed by atoms with E-state index < -0.39 is 0 Å². The fraction of sp³-hybridized carbons (Fsp3) is 0.458. The van der Waals surface area contributed by atoms with E-state index in [9.17, 15) is 0 Å². The molecule has 0 amide bonds. The van der Waals surface area contributed by atoms with Gasteiger partial charge in [0.2, 0.25) is 0 Å². The number of aromatic nitrogens is 1. The number of aryl methyl sites for hydroxylation is 4. The molecule has 1 heterocycles. The van der Waals surface area contributed by atoms with Crippen LogP contribution in [0, 0.1) is 24.7 Å². The summed E-state index contributed by atoms with van der Waals surface area (Å²) >= 11 is 0. The zero-order chi connectivity index (χ0) is 47.0. The van der Waals surface area contributed by atoms with Gasteiger partial charge in [-0.25, -0.2) is 0 Å². The Morgan fingerprint density at radius 3 is 2.02 bits per heavy atom. The fourth-order valence-electron chi connectivity index (χ4n) is 9.18. The maximum atomic E-state index is 6.56. The quantitative estimate of drug-likeness (QED) is 0.0589. The van der Waals surface area contributed by atoms with E-state index in [1.54, 1.807) is 14.2 Å². The van der Waals surface area contributed by atoms with Crippen molar-refractivity contribution >= 4 is 23.2 Å². The van der Waals surface area contributed by atoms with Gasteiger partial charge in [0.05, 0.1) is 31.3 Å². The van der Waals surface area contributed by atoms with E-state index in [1.807, 2.05) is 18.2 Å². The molecule has 0 radical (unpaired) electrons. The summed E-state index contributed by atoms with van der Waals surface area (Å²) in [5.74, 6) is 3.99. The second-order valence-electron chi connectivity index (χ2n) is 18.3. The maximum Gasteiger partial charge on any atom is 0.163 e. The maximum absolute atomic E-state index is 6.56. The minimum absolute atomic E-state index is 0.263. The van der Waals surface area contributed by atoms with Gasteiger partial charge in [-0.1, -0.05) is 108 Å². The third-order valence-electron chi connectivity index (χ3n) is 13.9. The Kier molecular flexibility index (Phi) is 18.8. The van der Waals surface area contributed by atoms with Crippen LogP contribution in [0.2, 0.25) is 0 Å². The molecule has 0 saturated heterocycles. The largest absolute Gasteiger partial charge is 0.493 e. The van der Waals surface area contributed by atoms with Crippen molar-refractivity contribution in [1.29, 1.82) is 0 Å². The van der Waals surface area contributed by atoms with Crippen LogP contribution in [0.5, 0.6) is 23.0 Å². The monoisotopic (exact) mass is 892 g/mol. The zero-order valence-electron chi connectivity index (χ0n) is 41.8. The molecule has 1 aromatic heterocycles. The first kappa shape index (κ1) is 49.9. The Balaban J connectivity index is 1.18. The molecule has 5 aromatic rings. The van der Waals surface area contributed by atoms with Crippen LogP contribution in [0.25, 0.3) is 5.57 Å². The minimum atomic E-state index is 0.263. The molecular weight excluding hydrogens is 815 g/mol. The van der Waals surface area contributed by atoms with Crippen LogP contribution < -0.4 is 24.3 Å². The molecule has 352 valence electrons. The smallest absolute Gasteiger partial charge is 0.163 e. The van der Waals surface area contributed by atoms with Gasteiger partial charge in [0, 0.05) is 42.1 Å². The van der Waals surface area contributed by atoms with Gasteiger partial charge in [0.15, 0.2) is 23.0 Å². The summed E-state index contributed by atoms with van der Waals surface area (Å²) in [6.45, 7) is 19.4. The summed E-state index contributed by atoms with van der Waals surface area (Å²) < 4.78 is 24.8. The van der Waals surface area contributed by atoms with Gasteiger partial charge in [0.25, 0.3) is 0 Å². The van der Waals surface area contributed by atoms with Gasteiger partial charge in [-0.2, -0.15) is 0 Å². The Bertz CT molecular complexity index is 2410. The van der Waals surface area contributed by atoms with Crippen molar-refractivity contribution in [3.8, 4) is 23.0 Å². The number of hydrogen-bond donors (Lipinski definition) is 1. The Morgan fingerprint density at radius 2 is 1.39 bits per heavy atom. The number of nitrogens with zero attached hydrogens (tertiary/aromatic N) is 2. The lowest BCUT2D eigenvalue weighted by Crippen LogP contribution is -2.18. The predicted octanol–water partition coefficient (Wildman–Crippen LogP) is 14.9. The second kappa shape index (κ2) is 24.8. The fourth-order valence-corrected chi connectivity index (χ4v) is 9.18. The van der Waals surface area contributed by atoms with Crippen molar-refractivity contribution in [2.75, 3.05) is 26.1 Å². The highest BCUT2D eigenvalue weighted by Gasteiger charge is 2.21. The number of allylic oxidation sites excluding steroid dienone is 2. The summed E-state index contributed by atoms with van der Waals surface area (Å²) in [6.07, 6.45) is 14.3. The number of methoxy groups -OCH3 is 2. The van der Waals surface area contributed by atoms with E-state index in [4.69, 9.17) is 28.9 Å². The molecule has 4 aromatic carbocycles. The van der Waals surface area contributed by atoms with E-state index in [0.29, 0.717) is 34.8 Å².